The summed E-state index contributed by atoms with van der Waals surface area (Å²) in [4.78, 5) is 18.9. The molecule has 0 aromatic carbocycles. The second-order valence-corrected chi connectivity index (χ2v) is 6.27. The van der Waals surface area contributed by atoms with Gasteiger partial charge in [-0.1, -0.05) is 6.07 Å². The van der Waals surface area contributed by atoms with Crippen molar-refractivity contribution in [3.05, 3.63) is 70.6 Å². The van der Waals surface area contributed by atoms with E-state index in [-0.39, 0.29) is 11.9 Å². The Morgan fingerprint density at radius 3 is 2.63 bits per heavy atom. The van der Waals surface area contributed by atoms with Crippen molar-refractivity contribution in [1.82, 2.24) is 25.5 Å². The van der Waals surface area contributed by atoms with Crippen LogP contribution in [0, 0.1) is 6.92 Å². The quantitative estimate of drug-likeness (QED) is 0.636. The Kier molecular flexibility index (Phi) is 5.02. The minimum Gasteiger partial charge on any atom is -0.357 e. The van der Waals surface area contributed by atoms with Gasteiger partial charge in [-0.2, -0.15) is 18.3 Å². The molecule has 0 fully saturated rings. The van der Waals surface area contributed by atoms with Crippen molar-refractivity contribution in [3.8, 4) is 0 Å². The van der Waals surface area contributed by atoms with E-state index in [1.54, 1.807) is 25.5 Å². The van der Waals surface area contributed by atoms with Gasteiger partial charge in [-0.3, -0.25) is 14.9 Å². The molecule has 0 aliphatic rings. The lowest BCUT2D eigenvalue weighted by atomic mass is 10.0. The first-order valence-electron chi connectivity index (χ1n) is 8.24. The fraction of sp³-hybridized carbons (Fsp3) is 0.278. The summed E-state index contributed by atoms with van der Waals surface area (Å²) in [5.41, 5.74) is 2.53. The maximum atomic E-state index is 12.6. The first-order chi connectivity index (χ1) is 12.8. The third-order valence-electron chi connectivity index (χ3n) is 4.35. The van der Waals surface area contributed by atoms with Gasteiger partial charge < -0.3 is 10.3 Å². The van der Waals surface area contributed by atoms with Gasteiger partial charge in [0.2, 0.25) is 0 Å². The molecule has 142 valence electrons. The summed E-state index contributed by atoms with van der Waals surface area (Å²) in [6.45, 7) is 3.64. The fourth-order valence-corrected chi connectivity index (χ4v) is 2.72. The fourth-order valence-electron chi connectivity index (χ4n) is 2.72. The van der Waals surface area contributed by atoms with Gasteiger partial charge >= 0.3 is 6.18 Å². The van der Waals surface area contributed by atoms with Crippen LogP contribution >= 0.6 is 0 Å². The number of alkyl halides is 3. The Labute approximate surface area is 153 Å². The normalized spacial score (nSPS) is 12.8. The Hall–Kier alpha value is -3.10. The Balaban J connectivity index is 1.70. The molecule has 0 aliphatic heterocycles. The second-order valence-electron chi connectivity index (χ2n) is 6.27. The number of hydrogen-bond donors (Lipinski definition) is 3. The van der Waals surface area contributed by atoms with Gasteiger partial charge in [0.1, 0.15) is 11.4 Å². The van der Waals surface area contributed by atoms with E-state index in [9.17, 15) is 18.0 Å². The van der Waals surface area contributed by atoms with Crippen LogP contribution in [0.15, 0.2) is 36.9 Å². The van der Waals surface area contributed by atoms with E-state index < -0.39 is 11.9 Å². The lowest BCUT2D eigenvalue weighted by molar-refractivity contribution is -0.141. The minimum absolute atomic E-state index is 0.221. The van der Waals surface area contributed by atoms with Crippen LogP contribution in [0.5, 0.6) is 0 Å². The maximum absolute atomic E-state index is 12.6. The second kappa shape index (κ2) is 7.26. The zero-order valence-corrected chi connectivity index (χ0v) is 14.7. The molecule has 3 aromatic heterocycles. The molecule has 0 saturated heterocycles. The van der Waals surface area contributed by atoms with Crippen LogP contribution in [0.3, 0.4) is 0 Å². The van der Waals surface area contributed by atoms with Gasteiger partial charge in [0.15, 0.2) is 0 Å². The van der Waals surface area contributed by atoms with E-state index in [0.29, 0.717) is 17.7 Å². The van der Waals surface area contributed by atoms with E-state index in [4.69, 9.17) is 0 Å². The van der Waals surface area contributed by atoms with Gasteiger partial charge in [0.05, 0.1) is 12.2 Å². The highest BCUT2D eigenvalue weighted by Gasteiger charge is 2.32. The van der Waals surface area contributed by atoms with E-state index in [2.05, 4.69) is 25.5 Å². The molecular weight excluding hydrogens is 359 g/mol. The lowest BCUT2D eigenvalue weighted by Crippen LogP contribution is -2.27. The van der Waals surface area contributed by atoms with Crippen molar-refractivity contribution in [3.63, 3.8) is 0 Å². The first kappa shape index (κ1) is 18.7. The lowest BCUT2D eigenvalue weighted by Gasteiger charge is -2.12. The number of rotatable bonds is 5. The van der Waals surface area contributed by atoms with Crippen LogP contribution in [0.2, 0.25) is 0 Å². The highest BCUT2D eigenvalue weighted by molar-refractivity contribution is 5.94. The van der Waals surface area contributed by atoms with E-state index >= 15 is 0 Å². The number of aromatic amines is 2. The average Bonchev–Trinajstić information content (AvgIpc) is 3.25. The molecule has 0 aliphatic carbocycles. The van der Waals surface area contributed by atoms with Crippen molar-refractivity contribution in [2.24, 2.45) is 0 Å². The third-order valence-corrected chi connectivity index (χ3v) is 4.35. The molecule has 1 atom stereocenters. The van der Waals surface area contributed by atoms with Crippen LogP contribution in [0.1, 0.15) is 51.4 Å². The molecule has 3 aromatic rings. The van der Waals surface area contributed by atoms with Crippen molar-refractivity contribution >= 4 is 5.91 Å². The molecule has 27 heavy (non-hydrogen) atoms. The smallest absolute Gasteiger partial charge is 0.357 e. The molecule has 3 N–H and O–H groups in total. The summed E-state index contributed by atoms with van der Waals surface area (Å²) >= 11 is 0. The molecule has 9 heteroatoms. The van der Waals surface area contributed by atoms with Crippen LogP contribution in [-0.4, -0.2) is 26.1 Å². The van der Waals surface area contributed by atoms with Crippen molar-refractivity contribution < 1.29 is 18.0 Å². The number of pyridine rings is 1. The van der Waals surface area contributed by atoms with Crippen LogP contribution < -0.4 is 5.32 Å². The van der Waals surface area contributed by atoms with Crippen LogP contribution in [0.4, 0.5) is 13.2 Å². The Morgan fingerprint density at radius 1 is 1.26 bits per heavy atom. The molecule has 1 unspecified atom stereocenters. The number of amides is 1. The number of carbonyl (C=O) groups excluding carboxylic acids is 1. The highest BCUT2D eigenvalue weighted by Crippen LogP contribution is 2.27. The van der Waals surface area contributed by atoms with Gasteiger partial charge in [0.25, 0.3) is 5.91 Å². The number of aromatic nitrogens is 4. The number of hydrogen-bond acceptors (Lipinski definition) is 3. The molecule has 0 radical (unpaired) electrons. The number of carbonyl (C=O) groups is 1. The molecule has 3 rings (SSSR count). The molecular formula is C18H18F3N5O. The van der Waals surface area contributed by atoms with Crippen molar-refractivity contribution in [2.45, 2.75) is 32.5 Å². The van der Waals surface area contributed by atoms with Crippen molar-refractivity contribution in [1.29, 1.82) is 0 Å². The standard InChI is InChI=1S/C18H18F3N5O/c1-10-13(5-12-3-4-15(22-6-12)18(19,20)21)7-23-16(10)17(27)26-11(2)14-8-24-25-9-14/h3-4,6-9,11,23H,5H2,1-2H3,(H,24,25)(H,26,27). The summed E-state index contributed by atoms with van der Waals surface area (Å²) in [6.07, 6.45) is 2.14. The van der Waals surface area contributed by atoms with Gasteiger partial charge in [0, 0.05) is 30.6 Å². The summed E-state index contributed by atoms with van der Waals surface area (Å²) < 4.78 is 37.8. The zero-order valence-electron chi connectivity index (χ0n) is 14.7. The third kappa shape index (κ3) is 4.18. The molecule has 0 spiro atoms. The minimum atomic E-state index is -4.46. The zero-order chi connectivity index (χ0) is 19.6. The molecule has 0 saturated carbocycles. The predicted octanol–water partition coefficient (Wildman–Crippen LogP) is 3.54. The van der Waals surface area contributed by atoms with Crippen LogP contribution in [-0.2, 0) is 12.6 Å². The Morgan fingerprint density at radius 2 is 2.04 bits per heavy atom. The highest BCUT2D eigenvalue weighted by atomic mass is 19.4. The van der Waals surface area contributed by atoms with Gasteiger partial charge in [-0.25, -0.2) is 0 Å². The number of nitrogens with zero attached hydrogens (tertiary/aromatic N) is 2. The number of H-pyrrole nitrogens is 2. The van der Waals surface area contributed by atoms with Crippen molar-refractivity contribution in [2.75, 3.05) is 0 Å². The Bertz CT molecular complexity index is 914. The largest absolute Gasteiger partial charge is 0.433 e. The van der Waals surface area contributed by atoms with Crippen LogP contribution in [0.25, 0.3) is 0 Å². The topological polar surface area (TPSA) is 86.5 Å². The number of halogens is 3. The summed E-state index contributed by atoms with van der Waals surface area (Å²) in [5, 5.41) is 9.42. The molecule has 0 bridgehead atoms. The summed E-state index contributed by atoms with van der Waals surface area (Å²) in [5.74, 6) is -0.266. The molecule has 6 nitrogen and oxygen atoms in total. The summed E-state index contributed by atoms with van der Waals surface area (Å²) in [7, 11) is 0. The summed E-state index contributed by atoms with van der Waals surface area (Å²) in [6, 6.07) is 2.13. The SMILES string of the molecule is Cc1c(Cc2ccc(C(F)(F)F)nc2)c[nH]c1C(=O)NC(C)c1cn[nH]c1. The van der Waals surface area contributed by atoms with E-state index in [0.717, 1.165) is 22.8 Å². The monoisotopic (exact) mass is 377 g/mol. The molecule has 1 amide bonds. The van der Waals surface area contributed by atoms with E-state index in [1.807, 2.05) is 6.92 Å². The van der Waals surface area contributed by atoms with Gasteiger partial charge in [-0.15, -0.1) is 0 Å². The molecule has 3 heterocycles. The predicted molar refractivity (Wildman–Crippen MR) is 92.0 cm³/mol. The van der Waals surface area contributed by atoms with Gasteiger partial charge in [-0.05, 0) is 36.6 Å². The number of nitrogens with one attached hydrogen (secondary N) is 3. The first-order valence-corrected chi connectivity index (χ1v) is 8.24. The maximum Gasteiger partial charge on any atom is 0.433 e. The van der Waals surface area contributed by atoms with E-state index in [1.165, 1.54) is 12.3 Å². The average molecular weight is 377 g/mol.